The summed E-state index contributed by atoms with van der Waals surface area (Å²) < 4.78 is 26.7. The van der Waals surface area contributed by atoms with Crippen LogP contribution in [0, 0.1) is 11.6 Å². The molecule has 4 heteroatoms. The van der Waals surface area contributed by atoms with Crippen molar-refractivity contribution in [1.82, 2.24) is 0 Å². The van der Waals surface area contributed by atoms with E-state index in [1.165, 1.54) is 12.1 Å². The van der Waals surface area contributed by atoms with Crippen LogP contribution in [0.4, 0.5) is 8.78 Å². The summed E-state index contributed by atoms with van der Waals surface area (Å²) in [6.45, 7) is 0. The van der Waals surface area contributed by atoms with E-state index < -0.39 is 17.0 Å². The highest BCUT2D eigenvalue weighted by Crippen LogP contribution is 2.36. The van der Waals surface area contributed by atoms with Gasteiger partial charge in [-0.05, 0) is 34.7 Å². The van der Waals surface area contributed by atoms with Crippen molar-refractivity contribution in [3.05, 3.63) is 82.4 Å². The van der Waals surface area contributed by atoms with Crippen molar-refractivity contribution in [1.29, 1.82) is 0 Å². The van der Waals surface area contributed by atoms with Gasteiger partial charge < -0.3 is 0 Å². The molecule has 3 rings (SSSR count). The first-order chi connectivity index (χ1) is 10.1. The van der Waals surface area contributed by atoms with E-state index >= 15 is 0 Å². The molecule has 0 spiro atoms. The molecule has 0 fully saturated rings. The van der Waals surface area contributed by atoms with E-state index in [1.807, 2.05) is 24.3 Å². The van der Waals surface area contributed by atoms with Gasteiger partial charge in [0.2, 0.25) is 0 Å². The number of hydrogen-bond acceptors (Lipinski definition) is 0. The van der Waals surface area contributed by atoms with E-state index in [-0.39, 0.29) is 0 Å². The molecule has 0 radical (unpaired) electrons. The minimum atomic E-state index is -0.655. The molecule has 0 saturated heterocycles. The van der Waals surface area contributed by atoms with Crippen LogP contribution in [0.15, 0.2) is 54.6 Å². The Morgan fingerprint density at radius 2 is 1.43 bits per heavy atom. The van der Waals surface area contributed by atoms with E-state index in [4.69, 9.17) is 23.2 Å². The SMILES string of the molecule is Fc1cc(F)cc(C(Cl)c2ccc(Cl)c3ccccc23)c1. The Balaban J connectivity index is 2.18. The lowest BCUT2D eigenvalue weighted by molar-refractivity contribution is 0.580. The minimum absolute atomic E-state index is 0.377. The second-order valence-electron chi connectivity index (χ2n) is 4.75. The van der Waals surface area contributed by atoms with E-state index in [9.17, 15) is 8.78 Å². The zero-order valence-electron chi connectivity index (χ0n) is 10.8. The van der Waals surface area contributed by atoms with Gasteiger partial charge >= 0.3 is 0 Å². The molecule has 0 aliphatic carbocycles. The van der Waals surface area contributed by atoms with Crippen molar-refractivity contribution in [3.8, 4) is 0 Å². The van der Waals surface area contributed by atoms with Crippen LogP contribution in [0.2, 0.25) is 5.02 Å². The first kappa shape index (κ1) is 14.3. The van der Waals surface area contributed by atoms with Crippen molar-refractivity contribution < 1.29 is 8.78 Å². The molecule has 21 heavy (non-hydrogen) atoms. The number of hydrogen-bond donors (Lipinski definition) is 0. The number of benzene rings is 3. The number of alkyl halides is 1. The average molecular weight is 323 g/mol. The molecule has 0 heterocycles. The Labute approximate surface area is 130 Å². The van der Waals surface area contributed by atoms with E-state index in [0.717, 1.165) is 22.4 Å². The highest BCUT2D eigenvalue weighted by atomic mass is 35.5. The lowest BCUT2D eigenvalue weighted by Gasteiger charge is -2.14. The molecule has 0 N–H and O–H groups in total. The minimum Gasteiger partial charge on any atom is -0.207 e. The van der Waals surface area contributed by atoms with Crippen molar-refractivity contribution in [3.63, 3.8) is 0 Å². The summed E-state index contributed by atoms with van der Waals surface area (Å²) in [7, 11) is 0. The Morgan fingerprint density at radius 3 is 2.10 bits per heavy atom. The maximum atomic E-state index is 13.4. The predicted molar refractivity (Wildman–Crippen MR) is 83.0 cm³/mol. The Bertz CT molecular complexity index is 795. The normalized spacial score (nSPS) is 12.6. The van der Waals surface area contributed by atoms with Crippen LogP contribution in [-0.2, 0) is 0 Å². The second-order valence-corrected chi connectivity index (χ2v) is 5.59. The van der Waals surface area contributed by atoms with Gasteiger partial charge in [-0.15, -0.1) is 11.6 Å². The van der Waals surface area contributed by atoms with Crippen LogP contribution in [0.3, 0.4) is 0 Å². The van der Waals surface area contributed by atoms with Crippen LogP contribution in [0.5, 0.6) is 0 Å². The molecule has 3 aromatic carbocycles. The molecule has 106 valence electrons. The lowest BCUT2D eigenvalue weighted by Crippen LogP contribution is -1.97. The molecule has 0 aromatic heterocycles. The zero-order valence-corrected chi connectivity index (χ0v) is 12.3. The van der Waals surface area contributed by atoms with Crippen LogP contribution >= 0.6 is 23.2 Å². The standard InChI is InChI=1S/C17H10Cl2F2/c18-16-6-5-15(13-3-1-2-4-14(13)16)17(19)10-7-11(20)9-12(21)8-10/h1-9,17H. The van der Waals surface area contributed by atoms with Crippen molar-refractivity contribution in [2.45, 2.75) is 5.38 Å². The summed E-state index contributed by atoms with van der Waals surface area (Å²) in [5.41, 5.74) is 1.14. The Kier molecular flexibility index (Phi) is 3.83. The molecular weight excluding hydrogens is 313 g/mol. The number of fused-ring (bicyclic) bond motifs is 1. The molecular formula is C17H10Cl2F2. The summed E-state index contributed by atoms with van der Waals surface area (Å²) in [6, 6.07) is 14.4. The predicted octanol–water partition coefficient (Wildman–Crippen LogP) is 6.10. The van der Waals surface area contributed by atoms with Crippen molar-refractivity contribution in [2.24, 2.45) is 0 Å². The summed E-state index contributed by atoms with van der Waals surface area (Å²) in [5.74, 6) is -1.29. The molecule has 0 aliphatic heterocycles. The smallest absolute Gasteiger partial charge is 0.126 e. The van der Waals surface area contributed by atoms with Gasteiger partial charge in [0.25, 0.3) is 0 Å². The first-order valence-electron chi connectivity index (χ1n) is 6.33. The first-order valence-corrected chi connectivity index (χ1v) is 7.15. The van der Waals surface area contributed by atoms with Gasteiger partial charge in [-0.2, -0.15) is 0 Å². The third-order valence-electron chi connectivity index (χ3n) is 3.36. The van der Waals surface area contributed by atoms with E-state index in [2.05, 4.69) is 0 Å². The number of rotatable bonds is 2. The fraction of sp³-hybridized carbons (Fsp3) is 0.0588. The van der Waals surface area contributed by atoms with Gasteiger partial charge in [-0.1, -0.05) is 41.9 Å². The van der Waals surface area contributed by atoms with Gasteiger partial charge in [-0.3, -0.25) is 0 Å². The van der Waals surface area contributed by atoms with E-state index in [0.29, 0.717) is 10.6 Å². The van der Waals surface area contributed by atoms with Crippen molar-refractivity contribution in [2.75, 3.05) is 0 Å². The van der Waals surface area contributed by atoms with E-state index in [1.54, 1.807) is 12.1 Å². The van der Waals surface area contributed by atoms with Crippen molar-refractivity contribution >= 4 is 34.0 Å². The highest BCUT2D eigenvalue weighted by molar-refractivity contribution is 6.36. The van der Waals surface area contributed by atoms with Gasteiger partial charge in [0, 0.05) is 16.5 Å². The molecule has 0 amide bonds. The van der Waals surface area contributed by atoms with Gasteiger partial charge in [0.15, 0.2) is 0 Å². The topological polar surface area (TPSA) is 0 Å². The quantitative estimate of drug-likeness (QED) is 0.500. The summed E-state index contributed by atoms with van der Waals surface area (Å²) in [4.78, 5) is 0. The van der Waals surface area contributed by atoms with Crippen LogP contribution in [-0.4, -0.2) is 0 Å². The summed E-state index contributed by atoms with van der Waals surface area (Å²) in [5, 5.41) is 1.69. The summed E-state index contributed by atoms with van der Waals surface area (Å²) >= 11 is 12.6. The third kappa shape index (κ3) is 2.74. The Morgan fingerprint density at radius 1 is 0.810 bits per heavy atom. The molecule has 0 saturated carbocycles. The van der Waals surface area contributed by atoms with Gasteiger partial charge in [0.05, 0.1) is 5.38 Å². The average Bonchev–Trinajstić information content (AvgIpc) is 2.46. The highest BCUT2D eigenvalue weighted by Gasteiger charge is 2.16. The lowest BCUT2D eigenvalue weighted by atomic mass is 9.98. The van der Waals surface area contributed by atoms with Gasteiger partial charge in [0.1, 0.15) is 11.6 Å². The molecule has 0 aliphatic rings. The molecule has 0 bridgehead atoms. The molecule has 1 unspecified atom stereocenters. The third-order valence-corrected chi connectivity index (χ3v) is 4.17. The maximum Gasteiger partial charge on any atom is 0.126 e. The second kappa shape index (κ2) is 5.63. The van der Waals surface area contributed by atoms with Crippen LogP contribution < -0.4 is 0 Å². The molecule has 0 nitrogen and oxygen atoms in total. The van der Waals surface area contributed by atoms with Crippen LogP contribution in [0.25, 0.3) is 10.8 Å². The molecule has 1 atom stereocenters. The van der Waals surface area contributed by atoms with Gasteiger partial charge in [-0.25, -0.2) is 8.78 Å². The molecule has 3 aromatic rings. The Hall–Kier alpha value is -1.64. The fourth-order valence-electron chi connectivity index (χ4n) is 2.41. The van der Waals surface area contributed by atoms with Crippen LogP contribution in [0.1, 0.15) is 16.5 Å². The largest absolute Gasteiger partial charge is 0.207 e. The fourth-order valence-corrected chi connectivity index (χ4v) is 2.95. The zero-order chi connectivity index (χ0) is 15.0. The monoisotopic (exact) mass is 322 g/mol. The maximum absolute atomic E-state index is 13.4. The summed E-state index contributed by atoms with van der Waals surface area (Å²) in [6.07, 6.45) is 0. The number of halogens is 4.